The van der Waals surface area contributed by atoms with Crippen molar-refractivity contribution < 1.29 is 38.5 Å². The first-order valence-corrected chi connectivity index (χ1v) is 10.2. The Morgan fingerprint density at radius 2 is 2.00 bits per heavy atom. The van der Waals surface area contributed by atoms with Crippen LogP contribution in [0.25, 0.3) is 6.08 Å². The third-order valence-electron chi connectivity index (χ3n) is 3.72. The van der Waals surface area contributed by atoms with Crippen molar-refractivity contribution in [1.82, 2.24) is 4.90 Å². The average Bonchev–Trinajstić information content (AvgIpc) is 2.93. The van der Waals surface area contributed by atoms with Crippen molar-refractivity contribution in [3.63, 3.8) is 0 Å². The fourth-order valence-electron chi connectivity index (χ4n) is 2.45. The number of hydrogen-bond acceptors (Lipinski definition) is 8. The van der Waals surface area contributed by atoms with Crippen LogP contribution in [0.4, 0.5) is 4.79 Å². The van der Waals surface area contributed by atoms with Gasteiger partial charge in [-0.3, -0.25) is 14.5 Å². The number of benzene rings is 1. The fraction of sp³-hybridized carbons (Fsp3) is 0.333. The van der Waals surface area contributed by atoms with Gasteiger partial charge in [0.15, 0.2) is 18.1 Å². The highest BCUT2D eigenvalue weighted by molar-refractivity contribution is 14.1. The molecule has 11 heteroatoms. The van der Waals surface area contributed by atoms with Crippen molar-refractivity contribution in [3.8, 4) is 11.5 Å². The normalized spacial score (nSPS) is 16.1. The maximum Gasteiger partial charge on any atom is 0.341 e. The molecule has 1 saturated heterocycles. The Morgan fingerprint density at radius 1 is 1.31 bits per heavy atom. The number of nitrogens with zero attached hydrogens (tertiary/aromatic N) is 1. The molecule has 1 aromatic carbocycles. The number of hydrogen-bond donors (Lipinski definition) is 1. The molecule has 0 saturated carbocycles. The summed E-state index contributed by atoms with van der Waals surface area (Å²) >= 11 is 2.68. The van der Waals surface area contributed by atoms with E-state index in [1.807, 2.05) is 22.6 Å². The number of amides is 2. The van der Waals surface area contributed by atoms with Crippen LogP contribution >= 0.6 is 34.4 Å². The molecule has 0 unspecified atom stereocenters. The summed E-state index contributed by atoms with van der Waals surface area (Å²) in [5.41, 5.74) is 0.553. The van der Waals surface area contributed by atoms with Gasteiger partial charge < -0.3 is 19.3 Å². The highest BCUT2D eigenvalue weighted by atomic mass is 127. The van der Waals surface area contributed by atoms with E-state index < -0.39 is 35.7 Å². The zero-order chi connectivity index (χ0) is 21.7. The lowest BCUT2D eigenvalue weighted by molar-refractivity contribution is -0.148. The fourth-order valence-corrected chi connectivity index (χ4v) is 4.14. The van der Waals surface area contributed by atoms with Crippen LogP contribution in [0.15, 0.2) is 17.0 Å². The molecule has 1 fully saturated rings. The van der Waals surface area contributed by atoms with Crippen LogP contribution < -0.4 is 9.47 Å². The number of methoxy groups -OCH3 is 1. The molecule has 9 nitrogen and oxygen atoms in total. The Morgan fingerprint density at radius 3 is 2.59 bits per heavy atom. The van der Waals surface area contributed by atoms with Gasteiger partial charge in [0.2, 0.25) is 0 Å². The summed E-state index contributed by atoms with van der Waals surface area (Å²) in [5.74, 6) is -1.83. The van der Waals surface area contributed by atoms with E-state index in [1.54, 1.807) is 19.1 Å². The highest BCUT2D eigenvalue weighted by Gasteiger charge is 2.41. The summed E-state index contributed by atoms with van der Waals surface area (Å²) in [7, 11) is 1.18. The molecule has 156 valence electrons. The molecule has 0 aliphatic carbocycles. The molecule has 1 heterocycles. The number of carboxylic acid groups (broad SMARTS) is 1. The monoisotopic (exact) mass is 535 g/mol. The molecule has 1 aliphatic rings. The molecule has 0 bridgehead atoms. The number of halogens is 1. The summed E-state index contributed by atoms with van der Waals surface area (Å²) in [6.07, 6.45) is 1.50. The Hall–Kier alpha value is -2.28. The second-order valence-electron chi connectivity index (χ2n) is 5.70. The van der Waals surface area contributed by atoms with Crippen LogP contribution in [0.2, 0.25) is 0 Å². The van der Waals surface area contributed by atoms with E-state index in [0.717, 1.165) is 4.90 Å². The molecule has 2 amide bonds. The van der Waals surface area contributed by atoms with Gasteiger partial charge in [0.05, 0.1) is 22.2 Å². The lowest BCUT2D eigenvalue weighted by atomic mass is 10.1. The van der Waals surface area contributed by atoms with E-state index in [9.17, 15) is 19.2 Å². The molecule has 0 spiro atoms. The van der Waals surface area contributed by atoms with Gasteiger partial charge in [-0.25, -0.2) is 9.59 Å². The van der Waals surface area contributed by atoms with Gasteiger partial charge in [-0.05, 0) is 72.0 Å². The van der Waals surface area contributed by atoms with Crippen LogP contribution in [0, 0.1) is 3.57 Å². The first-order chi connectivity index (χ1) is 13.7. The van der Waals surface area contributed by atoms with Crippen molar-refractivity contribution >= 4 is 63.5 Å². The highest BCUT2D eigenvalue weighted by Crippen LogP contribution is 2.38. The van der Waals surface area contributed by atoms with E-state index >= 15 is 0 Å². The number of thioether (sulfide) groups is 1. The number of carboxylic acids is 1. The largest absolute Gasteiger partial charge is 0.490 e. The number of carbonyl (C=O) groups is 4. The SMILES string of the molecule is CCOc1cc(/C=C2/SC(=O)N([C@H](C)C(=O)OC)C2=O)cc(I)c1OCC(=O)O. The molecule has 29 heavy (non-hydrogen) atoms. The third-order valence-corrected chi connectivity index (χ3v) is 5.41. The molecule has 1 atom stereocenters. The minimum absolute atomic E-state index is 0.142. The molecular formula is C18H18INO8S. The first-order valence-electron chi connectivity index (χ1n) is 8.35. The summed E-state index contributed by atoms with van der Waals surface area (Å²) in [5, 5.41) is 8.25. The summed E-state index contributed by atoms with van der Waals surface area (Å²) in [6, 6.07) is 2.21. The predicted octanol–water partition coefficient (Wildman–Crippen LogP) is 2.75. The minimum Gasteiger partial charge on any atom is -0.490 e. The number of rotatable bonds is 8. The second-order valence-corrected chi connectivity index (χ2v) is 7.85. The number of carbonyl (C=O) groups excluding carboxylic acids is 3. The standard InChI is InChI=1S/C18H18INO8S/c1-4-27-12-6-10(5-11(19)15(12)28-8-14(21)22)7-13-16(23)20(18(25)29-13)9(2)17(24)26-3/h5-7,9H,4,8H2,1-3H3,(H,21,22)/b13-7+/t9-/m1/s1. The second kappa shape index (κ2) is 9.96. The summed E-state index contributed by atoms with van der Waals surface area (Å²) in [6.45, 7) is 2.96. The van der Waals surface area contributed by atoms with E-state index in [1.165, 1.54) is 20.1 Å². The first kappa shape index (κ1) is 23.0. The molecule has 1 aliphatic heterocycles. The average molecular weight is 535 g/mol. The predicted molar refractivity (Wildman–Crippen MR) is 113 cm³/mol. The van der Waals surface area contributed by atoms with Crippen LogP contribution in [-0.2, 0) is 19.1 Å². The van der Waals surface area contributed by atoms with Gasteiger partial charge in [0.1, 0.15) is 6.04 Å². The third kappa shape index (κ3) is 5.41. The lowest BCUT2D eigenvalue weighted by Crippen LogP contribution is -2.42. The van der Waals surface area contributed by atoms with E-state index in [0.29, 0.717) is 33.3 Å². The van der Waals surface area contributed by atoms with Crippen LogP contribution in [0.5, 0.6) is 11.5 Å². The van der Waals surface area contributed by atoms with Crippen LogP contribution in [0.1, 0.15) is 19.4 Å². The molecule has 1 N–H and O–H groups in total. The summed E-state index contributed by atoms with van der Waals surface area (Å²) < 4.78 is 16.0. The Balaban J connectivity index is 2.36. The smallest absolute Gasteiger partial charge is 0.341 e. The van der Waals surface area contributed by atoms with Gasteiger partial charge in [-0.15, -0.1) is 0 Å². The van der Waals surface area contributed by atoms with Gasteiger partial charge in [-0.1, -0.05) is 0 Å². The Labute approximate surface area is 184 Å². The molecule has 0 aromatic heterocycles. The molecular weight excluding hydrogens is 517 g/mol. The van der Waals surface area contributed by atoms with Crippen molar-refractivity contribution in [2.45, 2.75) is 19.9 Å². The quantitative estimate of drug-likeness (QED) is 0.305. The van der Waals surface area contributed by atoms with Gasteiger partial charge in [-0.2, -0.15) is 0 Å². The zero-order valence-corrected chi connectivity index (χ0v) is 18.7. The number of imide groups is 1. The van der Waals surface area contributed by atoms with E-state index in [2.05, 4.69) is 4.74 Å². The Kier molecular flexibility index (Phi) is 7.90. The number of aliphatic carboxylic acids is 1. The topological polar surface area (TPSA) is 119 Å². The maximum atomic E-state index is 12.6. The van der Waals surface area contributed by atoms with Crippen molar-refractivity contribution in [1.29, 1.82) is 0 Å². The molecule has 0 radical (unpaired) electrons. The van der Waals surface area contributed by atoms with Crippen LogP contribution in [-0.4, -0.2) is 59.5 Å². The van der Waals surface area contributed by atoms with Gasteiger partial charge >= 0.3 is 11.9 Å². The number of ether oxygens (including phenoxy) is 3. The zero-order valence-electron chi connectivity index (χ0n) is 15.8. The van der Waals surface area contributed by atoms with E-state index in [-0.39, 0.29) is 10.7 Å². The Bertz CT molecular complexity index is 885. The lowest BCUT2D eigenvalue weighted by Gasteiger charge is -2.18. The maximum absolute atomic E-state index is 12.6. The van der Waals surface area contributed by atoms with Crippen molar-refractivity contribution in [3.05, 3.63) is 26.2 Å². The summed E-state index contributed by atoms with van der Waals surface area (Å²) in [4.78, 5) is 48.3. The van der Waals surface area contributed by atoms with Crippen molar-refractivity contribution in [2.24, 2.45) is 0 Å². The van der Waals surface area contributed by atoms with Gasteiger partial charge in [0.25, 0.3) is 11.1 Å². The van der Waals surface area contributed by atoms with Crippen LogP contribution in [0.3, 0.4) is 0 Å². The van der Waals surface area contributed by atoms with Crippen molar-refractivity contribution in [2.75, 3.05) is 20.3 Å². The molecule has 2 rings (SSSR count). The van der Waals surface area contributed by atoms with E-state index in [4.69, 9.17) is 14.6 Å². The molecule has 1 aromatic rings. The number of esters is 1. The minimum atomic E-state index is -1.12. The van der Waals surface area contributed by atoms with Gasteiger partial charge in [0, 0.05) is 0 Å².